The average molecular weight is 67.1 g/mol. The van der Waals surface area contributed by atoms with Crippen LogP contribution in [-0.4, -0.2) is 29.1 Å². The van der Waals surface area contributed by atoms with Crippen molar-refractivity contribution < 1.29 is 0 Å². The second-order valence-electron chi connectivity index (χ2n) is 0.500. The Kier molecular flexibility index (Phi) is 20.3. The zero-order chi connectivity index (χ0) is 2.71. The molecule has 0 bridgehead atoms. The van der Waals surface area contributed by atoms with Crippen LogP contribution in [0.15, 0.2) is 0 Å². The van der Waals surface area contributed by atoms with Gasteiger partial charge in [-0.1, -0.05) is 13.0 Å². The molecule has 0 nitrogen and oxygen atoms in total. The third kappa shape index (κ3) is 14.0. The van der Waals surface area contributed by atoms with E-state index < -0.39 is 0 Å². The van der Waals surface area contributed by atoms with Crippen LogP contribution in [0.5, 0.6) is 0 Å². The normalized spacial score (nSPS) is 4.50. The average Bonchev–Trinajstić information content (AvgIpc) is 0.918. The van der Waals surface area contributed by atoms with E-state index in [9.17, 15) is 0 Å². The summed E-state index contributed by atoms with van der Waals surface area (Å²) in [5.74, 6) is 0. The predicted octanol–water partition coefficient (Wildman–Crippen LogP) is -0.591. The molecule has 21 valence electrons. The summed E-state index contributed by atoms with van der Waals surface area (Å²) in [6, 6.07) is 1.28. The molecular weight excluding hydrogens is 59.0 g/mol. The first-order valence-corrected chi connectivity index (χ1v) is 2.21. The van der Waals surface area contributed by atoms with E-state index in [2.05, 4.69) is 6.92 Å². The van der Waals surface area contributed by atoms with Crippen molar-refractivity contribution in [2.45, 2.75) is 13.0 Å². The Morgan fingerprint density at radius 1 is 1.75 bits per heavy atom. The zero-order valence-corrected chi connectivity index (χ0v) is 3.83. The first-order valence-electron chi connectivity index (χ1n) is 1.21. The van der Waals surface area contributed by atoms with Gasteiger partial charge < -0.3 is 0 Å². The molecule has 0 saturated carbocycles. The Labute approximate surface area is 42.6 Å². The Morgan fingerprint density at radius 2 is 1.75 bits per heavy atom. The van der Waals surface area contributed by atoms with Crippen molar-refractivity contribution >= 4 is 29.1 Å². The van der Waals surface area contributed by atoms with Crippen molar-refractivity contribution in [2.75, 3.05) is 0 Å². The van der Waals surface area contributed by atoms with Crippen molar-refractivity contribution in [2.24, 2.45) is 0 Å². The third-order valence-corrected chi connectivity index (χ3v) is 0. The zero-order valence-electron chi connectivity index (χ0n) is 2.41. The van der Waals surface area contributed by atoms with Gasteiger partial charge in [-0.05, 0) is 0 Å². The van der Waals surface area contributed by atoms with Gasteiger partial charge in [0.2, 0.25) is 0 Å². The molecule has 0 aliphatic heterocycles. The fraction of sp³-hybridized carbons (Fsp3) is 1.00. The maximum absolute atomic E-state index is 2.14. The molecule has 0 fully saturated rings. The first-order chi connectivity index (χ1) is 1.41. The van der Waals surface area contributed by atoms with Gasteiger partial charge in [0.05, 0.1) is 0 Å². The molecule has 0 rings (SSSR count). The van der Waals surface area contributed by atoms with E-state index in [1.54, 1.807) is 0 Å². The minimum absolute atomic E-state index is 0. The van der Waals surface area contributed by atoms with Crippen molar-refractivity contribution in [3.05, 3.63) is 0 Å². The molecule has 0 unspecified atom stereocenters. The fourth-order valence-electron chi connectivity index (χ4n) is 0. The molecule has 0 atom stereocenters. The number of hydrogen-bond acceptors (Lipinski definition) is 0. The Morgan fingerprint density at radius 3 is 1.75 bits per heavy atom. The van der Waals surface area contributed by atoms with Crippen LogP contribution < -0.4 is 0 Å². The number of rotatable bonds is 0. The molecule has 0 aromatic heterocycles. The summed E-state index contributed by atoms with van der Waals surface area (Å²) < 4.78 is 0. The van der Waals surface area contributed by atoms with E-state index in [0.29, 0.717) is 0 Å². The molecule has 0 saturated heterocycles. The van der Waals surface area contributed by atoms with Gasteiger partial charge >= 0.3 is 18.9 Å². The quantitative estimate of drug-likeness (QED) is 0.332. The summed E-state index contributed by atoms with van der Waals surface area (Å²) >= 11 is 0. The van der Waals surface area contributed by atoms with Crippen LogP contribution in [0, 0.1) is 0 Å². The van der Waals surface area contributed by atoms with Gasteiger partial charge in [0.1, 0.15) is 0 Å². The molecule has 0 amide bonds. The van der Waals surface area contributed by atoms with E-state index in [1.165, 1.54) is 6.04 Å². The summed E-state index contributed by atoms with van der Waals surface area (Å²) in [7, 11) is 1.97. The van der Waals surface area contributed by atoms with Crippen LogP contribution in [0.3, 0.4) is 0 Å². The van der Waals surface area contributed by atoms with E-state index in [0.717, 1.165) is 0 Å². The van der Waals surface area contributed by atoms with Gasteiger partial charge in [-0.25, -0.2) is 0 Å². The summed E-state index contributed by atoms with van der Waals surface area (Å²) in [4.78, 5) is 0. The Balaban J connectivity index is 0. The summed E-state index contributed by atoms with van der Waals surface area (Å²) in [6.07, 6.45) is 0. The predicted molar refractivity (Wildman–Crippen MR) is 26.2 cm³/mol. The van der Waals surface area contributed by atoms with Crippen molar-refractivity contribution in [3.8, 4) is 0 Å². The molecule has 1 radical (unpaired) electrons. The van der Waals surface area contributed by atoms with E-state index in [-0.39, 0.29) is 18.9 Å². The molecule has 0 aliphatic carbocycles. The van der Waals surface area contributed by atoms with E-state index >= 15 is 0 Å². The van der Waals surface area contributed by atoms with Gasteiger partial charge in [-0.2, -0.15) is 0 Å². The second kappa shape index (κ2) is 9.18. The molecule has 4 heavy (non-hydrogen) atoms. The maximum atomic E-state index is 2.14. The van der Waals surface area contributed by atoms with Crippen LogP contribution in [0.2, 0.25) is 6.04 Å². The van der Waals surface area contributed by atoms with Crippen molar-refractivity contribution in [1.29, 1.82) is 0 Å². The van der Waals surface area contributed by atoms with Gasteiger partial charge in [0, 0.05) is 10.2 Å². The van der Waals surface area contributed by atoms with Gasteiger partial charge in [0.15, 0.2) is 0 Å². The molecular formula is C2H8LiSi. The first kappa shape index (κ1) is 8.84. The van der Waals surface area contributed by atoms with E-state index in [1.807, 2.05) is 10.2 Å². The molecule has 0 aliphatic rings. The van der Waals surface area contributed by atoms with Crippen LogP contribution in [-0.2, 0) is 0 Å². The monoisotopic (exact) mass is 67.1 g/mol. The molecule has 0 spiro atoms. The molecule has 0 heterocycles. The Hall–Kier alpha value is 0.814. The molecule has 0 N–H and O–H groups in total. The van der Waals surface area contributed by atoms with Gasteiger partial charge in [-0.15, -0.1) is 0 Å². The fourth-order valence-corrected chi connectivity index (χ4v) is 0. The van der Waals surface area contributed by atoms with Crippen molar-refractivity contribution in [1.82, 2.24) is 0 Å². The standard InChI is InChI=1S/C2H7Si.Li.H/c1-2-3;;/h2-3H2,1H3;;. The SMILES string of the molecule is CC[SiH2].[LiH]. The minimum atomic E-state index is 0. The Bertz CT molecular complexity index is 6.00. The molecule has 0 aromatic rings. The van der Waals surface area contributed by atoms with E-state index in [4.69, 9.17) is 0 Å². The van der Waals surface area contributed by atoms with Crippen LogP contribution in [0.1, 0.15) is 6.92 Å². The molecule has 0 aromatic carbocycles. The summed E-state index contributed by atoms with van der Waals surface area (Å²) in [5.41, 5.74) is 0. The van der Waals surface area contributed by atoms with Gasteiger partial charge in [-0.3, -0.25) is 0 Å². The number of hydrogen-bond donors (Lipinski definition) is 0. The second-order valence-corrected chi connectivity index (χ2v) is 1.50. The van der Waals surface area contributed by atoms with Crippen LogP contribution >= 0.6 is 0 Å². The summed E-state index contributed by atoms with van der Waals surface area (Å²) in [5, 5.41) is 0. The van der Waals surface area contributed by atoms with Crippen LogP contribution in [0.25, 0.3) is 0 Å². The topological polar surface area (TPSA) is 0 Å². The van der Waals surface area contributed by atoms with Crippen LogP contribution in [0.4, 0.5) is 0 Å². The summed E-state index contributed by atoms with van der Waals surface area (Å²) in [6.45, 7) is 2.14. The van der Waals surface area contributed by atoms with Gasteiger partial charge in [0.25, 0.3) is 0 Å². The molecule has 2 heteroatoms. The van der Waals surface area contributed by atoms with Crippen molar-refractivity contribution in [3.63, 3.8) is 0 Å². The third-order valence-electron chi connectivity index (χ3n) is 0.